The number of hydrogen-bond donors (Lipinski definition) is 1. The molecule has 2 aromatic heterocycles. The van der Waals surface area contributed by atoms with Crippen LogP contribution in [-0.4, -0.2) is 30.9 Å². The van der Waals surface area contributed by atoms with Crippen molar-refractivity contribution in [1.29, 1.82) is 0 Å². The van der Waals surface area contributed by atoms with E-state index < -0.39 is 5.25 Å². The summed E-state index contributed by atoms with van der Waals surface area (Å²) >= 11 is 1.30. The van der Waals surface area contributed by atoms with Crippen LogP contribution in [-0.2, 0) is 11.8 Å². The fraction of sp³-hybridized carbons (Fsp3) is 0.176. The Bertz CT molecular complexity index is 867. The minimum atomic E-state index is -0.394. The summed E-state index contributed by atoms with van der Waals surface area (Å²) in [5.41, 5.74) is 1.40. The highest BCUT2D eigenvalue weighted by Gasteiger charge is 2.19. The van der Waals surface area contributed by atoms with Crippen molar-refractivity contribution in [1.82, 2.24) is 19.7 Å². The Labute approximate surface area is 148 Å². The van der Waals surface area contributed by atoms with Gasteiger partial charge < -0.3 is 9.88 Å². The van der Waals surface area contributed by atoms with E-state index in [2.05, 4.69) is 20.5 Å². The Kier molecular flexibility index (Phi) is 5.08. The number of carbonyl (C=O) groups excluding carboxylic acids is 1. The Balaban J connectivity index is 1.68. The molecule has 0 aliphatic rings. The van der Waals surface area contributed by atoms with E-state index in [4.69, 9.17) is 0 Å². The lowest BCUT2D eigenvalue weighted by Gasteiger charge is -2.11. The maximum Gasteiger partial charge on any atom is 0.237 e. The first-order chi connectivity index (χ1) is 12.0. The molecule has 0 aliphatic heterocycles. The van der Waals surface area contributed by atoms with Crippen molar-refractivity contribution in [3.8, 4) is 11.4 Å². The van der Waals surface area contributed by atoms with Gasteiger partial charge >= 0.3 is 0 Å². The van der Waals surface area contributed by atoms with Gasteiger partial charge in [0, 0.05) is 30.7 Å². The number of pyridine rings is 1. The lowest BCUT2D eigenvalue weighted by molar-refractivity contribution is -0.115. The number of amides is 1. The molecular formula is C17H16FN5OS. The van der Waals surface area contributed by atoms with Crippen LogP contribution in [0, 0.1) is 5.82 Å². The van der Waals surface area contributed by atoms with Crippen molar-refractivity contribution in [2.75, 3.05) is 5.32 Å². The normalized spacial score (nSPS) is 12.0. The SMILES string of the molecule is C[C@@H](Sc1nnc(-c2cccnc2)n1C)C(=O)Nc1ccc(F)cc1. The number of benzene rings is 1. The maximum atomic E-state index is 12.9. The first-order valence-corrected chi connectivity index (χ1v) is 8.45. The minimum absolute atomic E-state index is 0.192. The molecule has 0 fully saturated rings. The molecule has 2 heterocycles. The molecule has 128 valence electrons. The average molecular weight is 357 g/mol. The van der Waals surface area contributed by atoms with E-state index in [-0.39, 0.29) is 11.7 Å². The van der Waals surface area contributed by atoms with Gasteiger partial charge in [0.05, 0.1) is 5.25 Å². The second-order valence-corrected chi connectivity index (χ2v) is 6.67. The van der Waals surface area contributed by atoms with Gasteiger partial charge in [0.15, 0.2) is 11.0 Å². The summed E-state index contributed by atoms with van der Waals surface area (Å²) in [6, 6.07) is 9.37. The van der Waals surface area contributed by atoms with Gasteiger partial charge in [0.1, 0.15) is 5.82 Å². The average Bonchev–Trinajstić information content (AvgIpc) is 2.98. The molecular weight excluding hydrogens is 341 g/mol. The Morgan fingerprint density at radius 3 is 2.68 bits per heavy atom. The summed E-state index contributed by atoms with van der Waals surface area (Å²) in [5, 5.41) is 11.3. The number of nitrogens with zero attached hydrogens (tertiary/aromatic N) is 4. The maximum absolute atomic E-state index is 12.9. The van der Waals surface area contributed by atoms with E-state index in [0.717, 1.165) is 5.56 Å². The third-order valence-corrected chi connectivity index (χ3v) is 4.65. The van der Waals surface area contributed by atoms with Crippen LogP contribution in [0.2, 0.25) is 0 Å². The zero-order valence-corrected chi connectivity index (χ0v) is 14.5. The quantitative estimate of drug-likeness (QED) is 0.710. The molecule has 0 bridgehead atoms. The van der Waals surface area contributed by atoms with E-state index in [9.17, 15) is 9.18 Å². The third kappa shape index (κ3) is 4.03. The van der Waals surface area contributed by atoms with Crippen molar-refractivity contribution < 1.29 is 9.18 Å². The Morgan fingerprint density at radius 2 is 2.00 bits per heavy atom. The minimum Gasteiger partial charge on any atom is -0.325 e. The highest BCUT2D eigenvalue weighted by Crippen LogP contribution is 2.26. The molecule has 0 spiro atoms. The van der Waals surface area contributed by atoms with Crippen LogP contribution < -0.4 is 5.32 Å². The number of halogens is 1. The Hall–Kier alpha value is -2.74. The highest BCUT2D eigenvalue weighted by molar-refractivity contribution is 8.00. The van der Waals surface area contributed by atoms with Crippen molar-refractivity contribution in [2.45, 2.75) is 17.3 Å². The zero-order chi connectivity index (χ0) is 17.8. The number of rotatable bonds is 5. The molecule has 0 radical (unpaired) electrons. The van der Waals surface area contributed by atoms with Crippen molar-refractivity contribution in [3.63, 3.8) is 0 Å². The summed E-state index contributed by atoms with van der Waals surface area (Å²) in [7, 11) is 1.84. The topological polar surface area (TPSA) is 72.7 Å². The van der Waals surface area contributed by atoms with E-state index in [1.165, 1.54) is 36.0 Å². The van der Waals surface area contributed by atoms with Crippen LogP contribution in [0.25, 0.3) is 11.4 Å². The van der Waals surface area contributed by atoms with Gasteiger partial charge in [-0.1, -0.05) is 11.8 Å². The van der Waals surface area contributed by atoms with Gasteiger partial charge in [-0.05, 0) is 43.3 Å². The molecule has 1 aromatic carbocycles. The molecule has 1 amide bonds. The van der Waals surface area contributed by atoms with Gasteiger partial charge in [-0.25, -0.2) is 4.39 Å². The second-order valence-electron chi connectivity index (χ2n) is 5.36. The zero-order valence-electron chi connectivity index (χ0n) is 13.7. The lowest BCUT2D eigenvalue weighted by atomic mass is 10.3. The van der Waals surface area contributed by atoms with Gasteiger partial charge in [0.2, 0.25) is 5.91 Å². The van der Waals surface area contributed by atoms with Crippen LogP contribution in [0.15, 0.2) is 53.9 Å². The number of aromatic nitrogens is 4. The van der Waals surface area contributed by atoms with Crippen LogP contribution in [0.4, 0.5) is 10.1 Å². The van der Waals surface area contributed by atoms with E-state index in [0.29, 0.717) is 16.7 Å². The van der Waals surface area contributed by atoms with E-state index >= 15 is 0 Å². The fourth-order valence-electron chi connectivity index (χ4n) is 2.15. The van der Waals surface area contributed by atoms with Gasteiger partial charge in [-0.2, -0.15) is 0 Å². The summed E-state index contributed by atoms with van der Waals surface area (Å²) in [5.74, 6) is 0.145. The predicted octanol–water partition coefficient (Wildman–Crippen LogP) is 3.14. The molecule has 3 rings (SSSR count). The van der Waals surface area contributed by atoms with Crippen LogP contribution >= 0.6 is 11.8 Å². The second kappa shape index (κ2) is 7.43. The standard InChI is InChI=1S/C17H16FN5OS/c1-11(16(24)20-14-7-5-13(18)6-8-14)25-17-22-21-15(23(17)2)12-4-3-9-19-10-12/h3-11H,1-2H3,(H,20,24)/t11-/m1/s1. The smallest absolute Gasteiger partial charge is 0.237 e. The molecule has 1 N–H and O–H groups in total. The number of anilines is 1. The van der Waals surface area contributed by atoms with Crippen LogP contribution in [0.5, 0.6) is 0 Å². The molecule has 0 aliphatic carbocycles. The number of carbonyl (C=O) groups is 1. The summed E-state index contributed by atoms with van der Waals surface area (Å²) in [4.78, 5) is 16.4. The van der Waals surface area contributed by atoms with Crippen LogP contribution in [0.1, 0.15) is 6.92 Å². The highest BCUT2D eigenvalue weighted by atomic mass is 32.2. The molecule has 1 atom stereocenters. The van der Waals surface area contributed by atoms with Crippen molar-refractivity contribution in [3.05, 3.63) is 54.6 Å². The lowest BCUT2D eigenvalue weighted by Crippen LogP contribution is -2.22. The number of hydrogen-bond acceptors (Lipinski definition) is 5. The first-order valence-electron chi connectivity index (χ1n) is 7.57. The largest absolute Gasteiger partial charge is 0.325 e. The fourth-order valence-corrected chi connectivity index (χ4v) is 2.97. The van der Waals surface area contributed by atoms with Crippen molar-refractivity contribution in [2.24, 2.45) is 7.05 Å². The van der Waals surface area contributed by atoms with Crippen LogP contribution in [0.3, 0.4) is 0 Å². The van der Waals surface area contributed by atoms with Gasteiger partial charge in [-0.3, -0.25) is 9.78 Å². The summed E-state index contributed by atoms with van der Waals surface area (Å²) < 4.78 is 14.7. The predicted molar refractivity (Wildman–Crippen MR) is 94.6 cm³/mol. The summed E-state index contributed by atoms with van der Waals surface area (Å²) in [6.07, 6.45) is 3.40. The Morgan fingerprint density at radius 1 is 1.24 bits per heavy atom. The summed E-state index contributed by atoms with van der Waals surface area (Å²) in [6.45, 7) is 1.78. The van der Waals surface area contributed by atoms with Crippen molar-refractivity contribution >= 4 is 23.4 Å². The van der Waals surface area contributed by atoms with Gasteiger partial charge in [-0.15, -0.1) is 10.2 Å². The molecule has 3 aromatic rings. The molecule has 0 saturated heterocycles. The van der Waals surface area contributed by atoms with E-state index in [1.54, 1.807) is 19.3 Å². The molecule has 0 saturated carbocycles. The first kappa shape index (κ1) is 17.1. The van der Waals surface area contributed by atoms with Gasteiger partial charge in [0.25, 0.3) is 0 Å². The van der Waals surface area contributed by atoms with E-state index in [1.807, 2.05) is 23.7 Å². The number of thioether (sulfide) groups is 1. The third-order valence-electron chi connectivity index (χ3n) is 3.52. The molecule has 0 unspecified atom stereocenters. The molecule has 8 heteroatoms. The monoisotopic (exact) mass is 357 g/mol. The molecule has 6 nitrogen and oxygen atoms in total. The number of nitrogens with one attached hydrogen (secondary N) is 1. The molecule has 25 heavy (non-hydrogen) atoms.